The summed E-state index contributed by atoms with van der Waals surface area (Å²) in [5.41, 5.74) is 5.63. The van der Waals surface area contributed by atoms with Crippen molar-refractivity contribution in [1.29, 1.82) is 0 Å². The molecule has 0 saturated heterocycles. The Bertz CT molecular complexity index is 1000. The molecule has 2 aromatic rings. The van der Waals surface area contributed by atoms with Crippen LogP contribution in [0.4, 0.5) is 24.5 Å². The highest BCUT2D eigenvalue weighted by Gasteiger charge is 2.41. The average Bonchev–Trinajstić information content (AvgIpc) is 2.73. The van der Waals surface area contributed by atoms with E-state index in [0.29, 0.717) is 12.8 Å². The minimum Gasteiger partial charge on any atom is -0.367 e. The second-order valence-electron chi connectivity index (χ2n) is 9.93. The summed E-state index contributed by atoms with van der Waals surface area (Å²) in [6.07, 6.45) is 1.49. The van der Waals surface area contributed by atoms with Gasteiger partial charge in [0.05, 0.1) is 0 Å². The molecule has 1 amide bonds. The number of fused-ring (bicyclic) bond motifs is 1. The topological polar surface area (TPSA) is 32.3 Å². The largest absolute Gasteiger partial charge is 0.367 e. The number of alkyl halides is 2. The van der Waals surface area contributed by atoms with Crippen LogP contribution in [0, 0.1) is 25.1 Å². The first kappa shape index (κ1) is 22.7. The third-order valence-electron chi connectivity index (χ3n) is 7.10. The van der Waals surface area contributed by atoms with Gasteiger partial charge in [0.25, 0.3) is 0 Å². The zero-order valence-corrected chi connectivity index (χ0v) is 19.0. The van der Waals surface area contributed by atoms with Crippen LogP contribution in [0.25, 0.3) is 0 Å². The number of benzene rings is 2. The van der Waals surface area contributed by atoms with Crippen molar-refractivity contribution in [2.75, 3.05) is 16.8 Å². The van der Waals surface area contributed by atoms with Crippen molar-refractivity contribution in [2.24, 2.45) is 5.41 Å². The Labute approximate surface area is 188 Å². The SMILES string of the molecule is Cc1cc(N2CCc3cc(F)ccc3C2)cc(C)c1NC(=O)CC1(C)CCC(F)(F)CC1. The molecule has 1 N–H and O–H groups in total. The Morgan fingerprint density at radius 2 is 1.69 bits per heavy atom. The lowest BCUT2D eigenvalue weighted by Gasteiger charge is -2.36. The summed E-state index contributed by atoms with van der Waals surface area (Å²) < 4.78 is 40.5. The predicted octanol–water partition coefficient (Wildman–Crippen LogP) is 6.55. The smallest absolute Gasteiger partial charge is 0.248 e. The van der Waals surface area contributed by atoms with Gasteiger partial charge in [0.1, 0.15) is 5.82 Å². The summed E-state index contributed by atoms with van der Waals surface area (Å²) in [6.45, 7) is 7.42. The maximum Gasteiger partial charge on any atom is 0.248 e. The number of hydrogen-bond donors (Lipinski definition) is 1. The summed E-state index contributed by atoms with van der Waals surface area (Å²) in [4.78, 5) is 15.0. The third-order valence-corrected chi connectivity index (χ3v) is 7.10. The molecule has 1 aliphatic heterocycles. The fourth-order valence-corrected chi connectivity index (χ4v) is 5.03. The fourth-order valence-electron chi connectivity index (χ4n) is 5.03. The van der Waals surface area contributed by atoms with Gasteiger partial charge in [0, 0.05) is 43.7 Å². The molecule has 0 atom stereocenters. The Morgan fingerprint density at radius 1 is 1.03 bits per heavy atom. The van der Waals surface area contributed by atoms with Crippen LogP contribution in [0.15, 0.2) is 30.3 Å². The van der Waals surface area contributed by atoms with Crippen LogP contribution >= 0.6 is 0 Å². The number of nitrogens with one attached hydrogen (secondary N) is 1. The lowest BCUT2D eigenvalue weighted by molar-refractivity contribution is -0.121. The molecular formula is C26H31F3N2O. The lowest BCUT2D eigenvalue weighted by Crippen LogP contribution is -2.34. The lowest BCUT2D eigenvalue weighted by atomic mass is 9.72. The quantitative estimate of drug-likeness (QED) is 0.580. The van der Waals surface area contributed by atoms with Crippen LogP contribution in [0.3, 0.4) is 0 Å². The zero-order valence-electron chi connectivity index (χ0n) is 19.0. The van der Waals surface area contributed by atoms with E-state index < -0.39 is 5.92 Å². The number of carbonyl (C=O) groups excluding carboxylic acids is 1. The minimum absolute atomic E-state index is 0.120. The van der Waals surface area contributed by atoms with Gasteiger partial charge in [-0.2, -0.15) is 0 Å². The summed E-state index contributed by atoms with van der Waals surface area (Å²) in [6, 6.07) is 9.12. The van der Waals surface area contributed by atoms with E-state index in [2.05, 4.69) is 22.3 Å². The van der Waals surface area contributed by atoms with Crippen molar-refractivity contribution in [3.8, 4) is 0 Å². The maximum atomic E-state index is 13.5. The van der Waals surface area contributed by atoms with Crippen molar-refractivity contribution in [3.63, 3.8) is 0 Å². The second kappa shape index (κ2) is 8.45. The molecule has 1 fully saturated rings. The molecule has 0 bridgehead atoms. The van der Waals surface area contributed by atoms with Crippen molar-refractivity contribution < 1.29 is 18.0 Å². The molecular weight excluding hydrogens is 413 g/mol. The summed E-state index contributed by atoms with van der Waals surface area (Å²) in [5, 5.41) is 3.04. The zero-order chi connectivity index (χ0) is 23.1. The molecule has 3 nitrogen and oxygen atoms in total. The number of anilines is 2. The highest BCUT2D eigenvalue weighted by atomic mass is 19.3. The predicted molar refractivity (Wildman–Crippen MR) is 122 cm³/mol. The minimum atomic E-state index is -2.60. The molecule has 0 radical (unpaired) electrons. The highest BCUT2D eigenvalue weighted by Crippen LogP contribution is 2.45. The van der Waals surface area contributed by atoms with E-state index in [9.17, 15) is 18.0 Å². The maximum absolute atomic E-state index is 13.5. The second-order valence-corrected chi connectivity index (χ2v) is 9.93. The van der Waals surface area contributed by atoms with Crippen molar-refractivity contribution in [1.82, 2.24) is 0 Å². The fraction of sp³-hybridized carbons (Fsp3) is 0.500. The number of hydrogen-bond acceptors (Lipinski definition) is 2. The van der Waals surface area contributed by atoms with E-state index in [-0.39, 0.29) is 36.4 Å². The first-order valence-electron chi connectivity index (χ1n) is 11.3. The van der Waals surface area contributed by atoms with E-state index >= 15 is 0 Å². The normalized spacial score (nSPS) is 19.4. The molecule has 1 heterocycles. The number of nitrogens with zero attached hydrogens (tertiary/aromatic N) is 1. The van der Waals surface area contributed by atoms with Gasteiger partial charge in [-0.05, 0) is 85.0 Å². The van der Waals surface area contributed by atoms with E-state index in [4.69, 9.17) is 0 Å². The van der Waals surface area contributed by atoms with Crippen LogP contribution in [-0.4, -0.2) is 18.4 Å². The number of aryl methyl sites for hydroxylation is 2. The standard InChI is InChI=1S/C26H31F3N2O/c1-17-12-22(31-11-6-19-14-21(27)5-4-20(19)16-31)13-18(2)24(17)30-23(32)15-25(3)7-9-26(28,29)10-8-25/h4-5,12-14H,6-11,15-16H2,1-3H3,(H,30,32). The molecule has 1 aliphatic carbocycles. The van der Waals surface area contributed by atoms with Crippen LogP contribution < -0.4 is 10.2 Å². The van der Waals surface area contributed by atoms with Gasteiger partial charge in [0.2, 0.25) is 11.8 Å². The number of halogens is 3. The Kier molecular flexibility index (Phi) is 5.99. The molecule has 172 valence electrons. The van der Waals surface area contributed by atoms with Gasteiger partial charge in [0.15, 0.2) is 0 Å². The van der Waals surface area contributed by atoms with E-state index in [1.807, 2.05) is 26.8 Å². The number of rotatable bonds is 4. The molecule has 0 aromatic heterocycles. The van der Waals surface area contributed by atoms with E-state index in [1.165, 1.54) is 6.07 Å². The Morgan fingerprint density at radius 3 is 2.34 bits per heavy atom. The molecule has 0 unspecified atom stereocenters. The van der Waals surface area contributed by atoms with E-state index in [1.54, 1.807) is 6.07 Å². The average molecular weight is 445 g/mol. The van der Waals surface area contributed by atoms with Crippen molar-refractivity contribution in [2.45, 2.75) is 71.8 Å². The van der Waals surface area contributed by atoms with Crippen molar-refractivity contribution >= 4 is 17.3 Å². The van der Waals surface area contributed by atoms with Gasteiger partial charge in [-0.3, -0.25) is 4.79 Å². The molecule has 4 rings (SSSR count). The third kappa shape index (κ3) is 4.94. The van der Waals surface area contributed by atoms with Gasteiger partial charge in [-0.25, -0.2) is 13.2 Å². The van der Waals surface area contributed by atoms with Crippen LogP contribution in [-0.2, 0) is 17.8 Å². The van der Waals surface area contributed by atoms with Gasteiger partial charge >= 0.3 is 0 Å². The Hall–Kier alpha value is -2.50. The van der Waals surface area contributed by atoms with E-state index in [0.717, 1.165) is 53.1 Å². The number of carbonyl (C=O) groups is 1. The van der Waals surface area contributed by atoms with Gasteiger partial charge in [-0.1, -0.05) is 13.0 Å². The molecule has 2 aliphatic rings. The van der Waals surface area contributed by atoms with Gasteiger partial charge < -0.3 is 10.2 Å². The number of amides is 1. The highest BCUT2D eigenvalue weighted by molar-refractivity contribution is 5.93. The first-order chi connectivity index (χ1) is 15.0. The summed E-state index contributed by atoms with van der Waals surface area (Å²) in [7, 11) is 0. The molecule has 6 heteroatoms. The summed E-state index contributed by atoms with van der Waals surface area (Å²) in [5.74, 6) is -2.91. The molecule has 1 saturated carbocycles. The first-order valence-corrected chi connectivity index (χ1v) is 11.3. The molecule has 2 aromatic carbocycles. The molecule has 32 heavy (non-hydrogen) atoms. The molecule has 0 spiro atoms. The van der Waals surface area contributed by atoms with Crippen molar-refractivity contribution in [3.05, 3.63) is 58.4 Å². The van der Waals surface area contributed by atoms with Crippen LogP contribution in [0.2, 0.25) is 0 Å². The van der Waals surface area contributed by atoms with Crippen LogP contribution in [0.1, 0.15) is 61.3 Å². The van der Waals surface area contributed by atoms with Gasteiger partial charge in [-0.15, -0.1) is 0 Å². The van der Waals surface area contributed by atoms with Crippen LogP contribution in [0.5, 0.6) is 0 Å². The monoisotopic (exact) mass is 444 g/mol. The summed E-state index contributed by atoms with van der Waals surface area (Å²) >= 11 is 0. The Balaban J connectivity index is 1.44.